The lowest BCUT2D eigenvalue weighted by atomic mass is 10.0. The molecule has 11 heteroatoms. The molecule has 180 valence electrons. The van der Waals surface area contributed by atoms with Crippen molar-refractivity contribution in [3.8, 4) is 12.1 Å². The van der Waals surface area contributed by atoms with E-state index in [2.05, 4.69) is 17.1 Å². The Balaban J connectivity index is 2.02. The number of aliphatic hydroxyl groups is 1. The van der Waals surface area contributed by atoms with Crippen LogP contribution >= 0.6 is 11.8 Å². The standard InChI is InChI=1S/C24H24N6O4S/c1-3-15-16(9-25)23(29(2)13-20(33)30-11-18(31)19(32)12-30)28-24(17(15)10-26)35-21(22(27)34)14-7-5-4-6-8-14/h4-8,18,21,31H,3,11-13H2,1-2H3,(H2,27,34)/t18-,21?/m1/s1. The van der Waals surface area contributed by atoms with E-state index < -0.39 is 29.0 Å². The molecule has 35 heavy (non-hydrogen) atoms. The summed E-state index contributed by atoms with van der Waals surface area (Å²) in [4.78, 5) is 43.9. The minimum absolute atomic E-state index is 0.0872. The molecule has 0 spiro atoms. The van der Waals surface area contributed by atoms with Crippen LogP contribution in [0.5, 0.6) is 0 Å². The number of nitriles is 2. The number of β-amino-alcohol motifs (C(OH)–C–C–N with tert-alkyl or cyclic N) is 1. The number of hydrogen-bond donors (Lipinski definition) is 2. The van der Waals surface area contributed by atoms with Gasteiger partial charge in [0.25, 0.3) is 0 Å². The Morgan fingerprint density at radius 3 is 2.46 bits per heavy atom. The number of amides is 2. The number of benzene rings is 1. The van der Waals surface area contributed by atoms with E-state index in [-0.39, 0.29) is 41.6 Å². The number of nitrogens with two attached hydrogens (primary N) is 1. The number of likely N-dealkylation sites (tertiary alicyclic amines) is 1. The highest BCUT2D eigenvalue weighted by molar-refractivity contribution is 8.00. The van der Waals surface area contributed by atoms with Gasteiger partial charge in [0.05, 0.1) is 30.8 Å². The number of carbonyl (C=O) groups excluding carboxylic acids is 3. The number of primary amides is 1. The normalized spacial score (nSPS) is 15.9. The SMILES string of the molecule is CCc1c(C#N)c(SC(C(N)=O)c2ccccc2)nc(N(C)CC(=O)N2CC(=O)[C@H](O)C2)c1C#N. The van der Waals surface area contributed by atoms with Gasteiger partial charge in [-0.3, -0.25) is 14.4 Å². The second-order valence-corrected chi connectivity index (χ2v) is 9.06. The summed E-state index contributed by atoms with van der Waals surface area (Å²) in [6.07, 6.45) is -0.860. The van der Waals surface area contributed by atoms with Crippen molar-refractivity contribution in [2.45, 2.75) is 29.7 Å². The molecular weight excluding hydrogens is 468 g/mol. The second-order valence-electron chi connectivity index (χ2n) is 7.97. The summed E-state index contributed by atoms with van der Waals surface area (Å²) in [6, 6.07) is 13.0. The van der Waals surface area contributed by atoms with Gasteiger partial charge in [-0.25, -0.2) is 4.98 Å². The average molecular weight is 493 g/mol. The third kappa shape index (κ3) is 5.43. The molecule has 2 amide bonds. The van der Waals surface area contributed by atoms with Gasteiger partial charge in [0.2, 0.25) is 11.8 Å². The molecule has 1 saturated heterocycles. The van der Waals surface area contributed by atoms with Gasteiger partial charge < -0.3 is 20.6 Å². The Morgan fingerprint density at radius 1 is 1.29 bits per heavy atom. The predicted molar refractivity (Wildman–Crippen MR) is 128 cm³/mol. The van der Waals surface area contributed by atoms with E-state index in [1.807, 2.05) is 0 Å². The smallest absolute Gasteiger partial charge is 0.242 e. The van der Waals surface area contributed by atoms with Crippen LogP contribution in [0.15, 0.2) is 35.4 Å². The molecule has 2 heterocycles. The first-order valence-electron chi connectivity index (χ1n) is 10.8. The number of carbonyl (C=O) groups is 3. The van der Waals surface area contributed by atoms with Gasteiger partial charge >= 0.3 is 0 Å². The van der Waals surface area contributed by atoms with Crippen molar-refractivity contribution in [2.75, 3.05) is 31.6 Å². The Hall–Kier alpha value is -3.93. The number of thioether (sulfide) groups is 1. The first kappa shape index (κ1) is 25.7. The summed E-state index contributed by atoms with van der Waals surface area (Å²) in [6.45, 7) is 1.31. The van der Waals surface area contributed by atoms with Gasteiger partial charge in [0.15, 0.2) is 5.78 Å². The van der Waals surface area contributed by atoms with Gasteiger partial charge in [0, 0.05) is 7.05 Å². The van der Waals surface area contributed by atoms with Crippen molar-refractivity contribution in [1.29, 1.82) is 10.5 Å². The van der Waals surface area contributed by atoms with Gasteiger partial charge in [-0.15, -0.1) is 0 Å². The summed E-state index contributed by atoms with van der Waals surface area (Å²) in [5.74, 6) is -1.29. The lowest BCUT2D eigenvalue weighted by Gasteiger charge is -2.25. The van der Waals surface area contributed by atoms with Crippen molar-refractivity contribution < 1.29 is 19.5 Å². The van der Waals surface area contributed by atoms with Crippen LogP contribution in [0.1, 0.15) is 34.4 Å². The lowest BCUT2D eigenvalue weighted by Crippen LogP contribution is -2.39. The van der Waals surface area contributed by atoms with E-state index in [0.717, 1.165) is 11.8 Å². The zero-order valence-corrected chi connectivity index (χ0v) is 20.1. The molecule has 1 aliphatic rings. The number of pyridine rings is 1. The zero-order chi connectivity index (χ0) is 25.7. The Labute approximate surface area is 206 Å². The Morgan fingerprint density at radius 2 is 1.94 bits per heavy atom. The van der Waals surface area contributed by atoms with Crippen LogP contribution in [0.3, 0.4) is 0 Å². The summed E-state index contributed by atoms with van der Waals surface area (Å²) in [5, 5.41) is 28.8. The topological polar surface area (TPSA) is 164 Å². The molecule has 0 saturated carbocycles. The molecule has 1 aliphatic heterocycles. The highest BCUT2D eigenvalue weighted by Crippen LogP contribution is 2.39. The van der Waals surface area contributed by atoms with Gasteiger partial charge in [-0.05, 0) is 17.5 Å². The van der Waals surface area contributed by atoms with Crippen molar-refractivity contribution in [3.05, 3.63) is 52.6 Å². The number of ketones is 1. The highest BCUT2D eigenvalue weighted by atomic mass is 32.2. The highest BCUT2D eigenvalue weighted by Gasteiger charge is 2.33. The molecule has 1 aromatic carbocycles. The van der Waals surface area contributed by atoms with Crippen molar-refractivity contribution in [1.82, 2.24) is 9.88 Å². The fourth-order valence-electron chi connectivity index (χ4n) is 3.81. The van der Waals surface area contributed by atoms with E-state index in [1.54, 1.807) is 44.3 Å². The number of likely N-dealkylation sites (N-methyl/N-ethyl adjacent to an activating group) is 1. The molecule has 2 aromatic rings. The van der Waals surface area contributed by atoms with Crippen LogP contribution in [0.2, 0.25) is 0 Å². The van der Waals surface area contributed by atoms with Gasteiger partial charge in [0.1, 0.15) is 34.3 Å². The van der Waals surface area contributed by atoms with Crippen LogP contribution in [0.4, 0.5) is 5.82 Å². The maximum atomic E-state index is 12.7. The van der Waals surface area contributed by atoms with Crippen molar-refractivity contribution in [2.24, 2.45) is 5.73 Å². The molecular formula is C24H24N6O4S. The lowest BCUT2D eigenvalue weighted by molar-refractivity contribution is -0.130. The Kier molecular flexibility index (Phi) is 8.07. The van der Waals surface area contributed by atoms with Crippen LogP contribution in [-0.2, 0) is 20.8 Å². The number of aliphatic hydroxyl groups excluding tert-OH is 1. The molecule has 10 nitrogen and oxygen atoms in total. The van der Waals surface area contributed by atoms with Crippen LogP contribution < -0.4 is 10.6 Å². The third-order valence-corrected chi connectivity index (χ3v) is 6.87. The molecule has 0 aliphatic carbocycles. The van der Waals surface area contributed by atoms with E-state index in [0.29, 0.717) is 17.5 Å². The van der Waals surface area contributed by atoms with Crippen LogP contribution in [0, 0.1) is 22.7 Å². The summed E-state index contributed by atoms with van der Waals surface area (Å²) in [5.41, 5.74) is 7.07. The van der Waals surface area contributed by atoms with Gasteiger partial charge in [-0.1, -0.05) is 49.0 Å². The molecule has 2 atom stereocenters. The molecule has 3 N–H and O–H groups in total. The minimum atomic E-state index is -1.20. The number of Topliss-reactive ketones (excluding diaryl/α,β-unsaturated/α-hetero) is 1. The number of rotatable bonds is 8. The van der Waals surface area contributed by atoms with E-state index in [1.165, 1.54) is 9.80 Å². The monoisotopic (exact) mass is 492 g/mol. The molecule has 1 unspecified atom stereocenters. The fraction of sp³-hybridized carbons (Fsp3) is 0.333. The number of hydrogen-bond acceptors (Lipinski definition) is 9. The average Bonchev–Trinajstić information content (AvgIpc) is 3.19. The third-order valence-electron chi connectivity index (χ3n) is 5.61. The van der Waals surface area contributed by atoms with E-state index in [9.17, 15) is 30.0 Å². The molecule has 1 fully saturated rings. The quantitative estimate of drug-likeness (QED) is 0.510. The predicted octanol–water partition coefficient (Wildman–Crippen LogP) is 0.914. The number of aromatic nitrogens is 1. The van der Waals surface area contributed by atoms with Crippen molar-refractivity contribution in [3.63, 3.8) is 0 Å². The number of anilines is 1. The minimum Gasteiger partial charge on any atom is -0.383 e. The van der Waals surface area contributed by atoms with E-state index in [4.69, 9.17) is 5.73 Å². The van der Waals surface area contributed by atoms with Crippen LogP contribution in [-0.4, -0.2) is 65.4 Å². The first-order chi connectivity index (χ1) is 16.7. The maximum absolute atomic E-state index is 12.7. The molecule has 1 aromatic heterocycles. The molecule has 0 bridgehead atoms. The van der Waals surface area contributed by atoms with Crippen LogP contribution in [0.25, 0.3) is 0 Å². The second kappa shape index (κ2) is 11.0. The fourth-order valence-corrected chi connectivity index (χ4v) is 4.87. The van der Waals surface area contributed by atoms with Gasteiger partial charge in [-0.2, -0.15) is 10.5 Å². The zero-order valence-electron chi connectivity index (χ0n) is 19.3. The summed E-state index contributed by atoms with van der Waals surface area (Å²) < 4.78 is 0. The first-order valence-corrected chi connectivity index (χ1v) is 11.7. The number of nitrogens with zero attached hydrogens (tertiary/aromatic N) is 5. The Bertz CT molecular complexity index is 1240. The maximum Gasteiger partial charge on any atom is 0.242 e. The summed E-state index contributed by atoms with van der Waals surface area (Å²) >= 11 is 1.01. The molecule has 0 radical (unpaired) electrons. The van der Waals surface area contributed by atoms with E-state index >= 15 is 0 Å². The summed E-state index contributed by atoms with van der Waals surface area (Å²) in [7, 11) is 1.57. The van der Waals surface area contributed by atoms with Crippen molar-refractivity contribution >= 4 is 35.2 Å². The molecule has 3 rings (SSSR count). The largest absolute Gasteiger partial charge is 0.383 e.